The minimum atomic E-state index is -4.45. The number of carbonyl (C=O) groups excluding carboxylic acids is 1. The molecule has 0 aromatic heterocycles. The number of ketones is 1. The number of nitrogens with one attached hydrogen (secondary N) is 1. The van der Waals surface area contributed by atoms with Crippen LogP contribution in [0.4, 0.5) is 18.9 Å². The lowest BCUT2D eigenvalue weighted by Gasteiger charge is -2.19. The number of carbonyl (C=O) groups is 1. The van der Waals surface area contributed by atoms with Gasteiger partial charge in [0.1, 0.15) is 0 Å². The number of Topliss-reactive ketones (excluding diaryl/α,β-unsaturated/α-hetero) is 1. The summed E-state index contributed by atoms with van der Waals surface area (Å²) < 4.78 is 39.0. The summed E-state index contributed by atoms with van der Waals surface area (Å²) in [5.74, 6) is 0.630. The molecule has 3 N–H and O–H groups in total. The van der Waals surface area contributed by atoms with Crippen LogP contribution in [0.15, 0.2) is 58.6 Å². The molecule has 4 nitrogen and oxygen atoms in total. The maximum absolute atomic E-state index is 13.0. The van der Waals surface area contributed by atoms with Crippen LogP contribution in [-0.2, 0) is 11.0 Å². The topological polar surface area (TPSA) is 78.9 Å². The molecule has 0 heterocycles. The van der Waals surface area contributed by atoms with Gasteiger partial charge in [-0.25, -0.2) is 0 Å². The number of benzene rings is 2. The summed E-state index contributed by atoms with van der Waals surface area (Å²) in [5.41, 5.74) is 8.06. The van der Waals surface area contributed by atoms with Crippen LogP contribution >= 0.6 is 11.8 Å². The summed E-state index contributed by atoms with van der Waals surface area (Å²) in [4.78, 5) is 13.4. The first-order valence-electron chi connectivity index (χ1n) is 9.37. The van der Waals surface area contributed by atoms with Crippen molar-refractivity contribution < 1.29 is 18.0 Å². The molecule has 0 saturated heterocycles. The number of halogens is 3. The number of allylic oxidation sites excluding steroid dienone is 1. The molecule has 0 fully saturated rings. The maximum atomic E-state index is 13.0. The lowest BCUT2D eigenvalue weighted by molar-refractivity contribution is -0.137. The van der Waals surface area contributed by atoms with Crippen molar-refractivity contribution in [2.75, 3.05) is 11.1 Å². The highest BCUT2D eigenvalue weighted by Crippen LogP contribution is 2.37. The Morgan fingerprint density at radius 2 is 2.00 bits per heavy atom. The summed E-state index contributed by atoms with van der Waals surface area (Å²) in [6.45, 7) is 1.97. The highest BCUT2D eigenvalue weighted by molar-refractivity contribution is 7.99. The van der Waals surface area contributed by atoms with Crippen molar-refractivity contribution >= 4 is 23.2 Å². The number of nitriles is 1. The van der Waals surface area contributed by atoms with Crippen molar-refractivity contribution in [2.24, 2.45) is 5.73 Å². The number of anilines is 1. The van der Waals surface area contributed by atoms with Crippen molar-refractivity contribution in [1.29, 1.82) is 5.26 Å². The minimum absolute atomic E-state index is 0.131. The summed E-state index contributed by atoms with van der Waals surface area (Å²) >= 11 is 1.52. The van der Waals surface area contributed by atoms with Crippen molar-refractivity contribution in [3.05, 3.63) is 70.4 Å². The van der Waals surface area contributed by atoms with Crippen molar-refractivity contribution in [1.82, 2.24) is 0 Å². The van der Waals surface area contributed by atoms with E-state index in [1.165, 1.54) is 23.9 Å². The number of hydrogen-bond acceptors (Lipinski definition) is 5. The van der Waals surface area contributed by atoms with Crippen LogP contribution in [0.3, 0.4) is 0 Å². The van der Waals surface area contributed by atoms with Crippen LogP contribution in [0.2, 0.25) is 0 Å². The highest BCUT2D eigenvalue weighted by atomic mass is 32.2. The second kappa shape index (κ2) is 8.94. The molecule has 156 valence electrons. The molecule has 0 saturated carbocycles. The van der Waals surface area contributed by atoms with Crippen molar-refractivity contribution in [3.8, 4) is 6.07 Å². The largest absolute Gasteiger partial charge is 0.416 e. The zero-order valence-corrected chi connectivity index (χ0v) is 17.0. The third kappa shape index (κ3) is 4.69. The van der Waals surface area contributed by atoms with Gasteiger partial charge in [0, 0.05) is 28.3 Å². The molecule has 2 aromatic carbocycles. The van der Waals surface area contributed by atoms with E-state index in [0.29, 0.717) is 23.3 Å². The predicted molar refractivity (Wildman–Crippen MR) is 111 cm³/mol. The fourth-order valence-corrected chi connectivity index (χ4v) is 4.29. The Bertz CT molecular complexity index is 1040. The van der Waals surface area contributed by atoms with Crippen LogP contribution < -0.4 is 11.1 Å². The van der Waals surface area contributed by atoms with E-state index >= 15 is 0 Å². The molecule has 0 aliphatic heterocycles. The predicted octanol–water partition coefficient (Wildman–Crippen LogP) is 5.42. The molecule has 1 unspecified atom stereocenters. The van der Waals surface area contributed by atoms with Gasteiger partial charge in [-0.2, -0.15) is 18.4 Å². The summed E-state index contributed by atoms with van der Waals surface area (Å²) in [6.07, 6.45) is -3.83. The van der Waals surface area contributed by atoms with Crippen LogP contribution in [0.1, 0.15) is 42.5 Å². The van der Waals surface area contributed by atoms with Crippen molar-refractivity contribution in [3.63, 3.8) is 0 Å². The summed E-state index contributed by atoms with van der Waals surface area (Å²) in [5, 5.41) is 12.1. The number of nitrogens with two attached hydrogens (primary N) is 1. The molecule has 0 bridgehead atoms. The Balaban J connectivity index is 1.98. The van der Waals surface area contributed by atoms with Crippen LogP contribution in [0.25, 0.3) is 0 Å². The van der Waals surface area contributed by atoms with E-state index < -0.39 is 17.8 Å². The highest BCUT2D eigenvalue weighted by Gasteiger charge is 2.32. The molecule has 2 aromatic rings. The molecule has 0 amide bonds. The molecule has 0 radical (unpaired) electrons. The third-order valence-electron chi connectivity index (χ3n) is 4.80. The standard InChI is InChI=1S/C22H20F3N3OS/c1-2-30-19-10-13(12-26)6-7-16(19)21(27)20-17(8-9-18(20)29)28-15-5-3-4-14(11-15)22(23,24)25/h3-7,10-11,21,28H,2,8-9,27H2,1H3. The molecule has 3 rings (SSSR count). The molecule has 1 atom stereocenters. The Morgan fingerprint density at radius 1 is 1.23 bits per heavy atom. The molecule has 1 aliphatic carbocycles. The first kappa shape index (κ1) is 21.9. The number of nitrogens with zero attached hydrogens (tertiary/aromatic N) is 1. The zero-order valence-electron chi connectivity index (χ0n) is 16.2. The van der Waals surface area contributed by atoms with Gasteiger partial charge in [0.05, 0.1) is 23.2 Å². The van der Waals surface area contributed by atoms with Crippen LogP contribution in [0, 0.1) is 11.3 Å². The molecule has 1 aliphatic rings. The van der Waals surface area contributed by atoms with Gasteiger partial charge in [0.2, 0.25) is 0 Å². The van der Waals surface area contributed by atoms with Crippen LogP contribution in [-0.4, -0.2) is 11.5 Å². The summed E-state index contributed by atoms with van der Waals surface area (Å²) in [6, 6.07) is 11.3. The molecular formula is C22H20F3N3OS. The first-order valence-corrected chi connectivity index (χ1v) is 10.4. The van der Waals surface area contributed by atoms with E-state index in [-0.39, 0.29) is 17.9 Å². The van der Waals surface area contributed by atoms with Crippen LogP contribution in [0.5, 0.6) is 0 Å². The lowest BCUT2D eigenvalue weighted by Crippen LogP contribution is -2.20. The Hall–Kier alpha value is -2.76. The minimum Gasteiger partial charge on any atom is -0.358 e. The number of thioether (sulfide) groups is 1. The number of alkyl halides is 3. The van der Waals surface area contributed by atoms with Gasteiger partial charge >= 0.3 is 6.18 Å². The fraction of sp³-hybridized carbons (Fsp3) is 0.273. The number of rotatable bonds is 6. The van der Waals surface area contributed by atoms with E-state index in [0.717, 1.165) is 28.3 Å². The molecule has 8 heteroatoms. The smallest absolute Gasteiger partial charge is 0.358 e. The van der Waals surface area contributed by atoms with Crippen molar-refractivity contribution in [2.45, 2.75) is 36.9 Å². The zero-order chi connectivity index (χ0) is 21.9. The second-order valence-electron chi connectivity index (χ2n) is 6.79. The molecule has 0 spiro atoms. The first-order chi connectivity index (χ1) is 14.2. The number of hydrogen-bond donors (Lipinski definition) is 2. The fourth-order valence-electron chi connectivity index (χ4n) is 3.41. The van der Waals surface area contributed by atoms with Gasteiger partial charge < -0.3 is 11.1 Å². The van der Waals surface area contributed by atoms with E-state index in [1.807, 2.05) is 6.92 Å². The Labute approximate surface area is 177 Å². The normalized spacial score (nSPS) is 15.3. The quantitative estimate of drug-likeness (QED) is 0.597. The monoisotopic (exact) mass is 431 g/mol. The van der Waals surface area contributed by atoms with Gasteiger partial charge in [-0.05, 0) is 48.1 Å². The van der Waals surface area contributed by atoms with Gasteiger partial charge in [-0.1, -0.05) is 19.1 Å². The van der Waals surface area contributed by atoms with Gasteiger partial charge in [0.25, 0.3) is 0 Å². The van der Waals surface area contributed by atoms with Gasteiger partial charge in [0.15, 0.2) is 5.78 Å². The van der Waals surface area contributed by atoms with E-state index in [4.69, 9.17) is 11.0 Å². The molecule has 30 heavy (non-hydrogen) atoms. The Morgan fingerprint density at radius 3 is 2.67 bits per heavy atom. The van der Waals surface area contributed by atoms with Gasteiger partial charge in [-0.3, -0.25) is 4.79 Å². The SMILES string of the molecule is CCSc1cc(C#N)ccc1C(N)C1=C(Nc2cccc(C(F)(F)F)c2)CCC1=O. The van der Waals surface area contributed by atoms with Gasteiger partial charge in [-0.15, -0.1) is 11.8 Å². The van der Waals surface area contributed by atoms with E-state index in [1.54, 1.807) is 18.2 Å². The lowest BCUT2D eigenvalue weighted by atomic mass is 9.96. The average Bonchev–Trinajstić information content (AvgIpc) is 3.07. The third-order valence-corrected chi connectivity index (χ3v) is 5.75. The molecular weight excluding hydrogens is 411 g/mol. The van der Waals surface area contributed by atoms with E-state index in [9.17, 15) is 18.0 Å². The Kier molecular flexibility index (Phi) is 6.54. The summed E-state index contributed by atoms with van der Waals surface area (Å²) in [7, 11) is 0. The maximum Gasteiger partial charge on any atom is 0.416 e. The second-order valence-corrected chi connectivity index (χ2v) is 8.10. The average molecular weight is 431 g/mol. The van der Waals surface area contributed by atoms with E-state index in [2.05, 4.69) is 11.4 Å².